The zero-order valence-electron chi connectivity index (χ0n) is 7.42. The summed E-state index contributed by atoms with van der Waals surface area (Å²) in [4.78, 5) is 1.87. The molecule has 0 aromatic rings. The molecule has 0 spiro atoms. The monoisotopic (exact) mass is 154 g/mol. The third kappa shape index (κ3) is 1.20. The molecule has 0 bridgehead atoms. The average molecular weight is 154 g/mol. The average Bonchev–Trinajstić information content (AvgIpc) is 2.09. The van der Waals surface area contributed by atoms with Crippen LogP contribution in [0.1, 0.15) is 13.8 Å². The van der Waals surface area contributed by atoms with Crippen molar-refractivity contribution < 1.29 is 0 Å². The largest absolute Gasteiger partial charge is 0.397 e. The molecule has 1 rings (SSSR count). The van der Waals surface area contributed by atoms with E-state index in [-0.39, 0.29) is 5.54 Å². The fourth-order valence-corrected chi connectivity index (χ4v) is 0.884. The van der Waals surface area contributed by atoms with Gasteiger partial charge in [0.05, 0.1) is 5.70 Å². The first kappa shape index (κ1) is 8.04. The molecule has 0 radical (unpaired) electrons. The van der Waals surface area contributed by atoms with Crippen LogP contribution in [0.4, 0.5) is 0 Å². The Labute approximate surface area is 66.8 Å². The zero-order chi connectivity index (χ0) is 8.65. The van der Waals surface area contributed by atoms with Crippen LogP contribution in [0.25, 0.3) is 0 Å². The molecular formula is C7H14N4. The lowest BCUT2D eigenvalue weighted by Gasteiger charge is -2.15. The van der Waals surface area contributed by atoms with Gasteiger partial charge in [-0.25, -0.2) is 0 Å². The molecule has 1 aliphatic heterocycles. The molecule has 0 amide bonds. The highest BCUT2D eigenvalue weighted by Gasteiger charge is 2.29. The van der Waals surface area contributed by atoms with Gasteiger partial charge < -0.3 is 10.6 Å². The van der Waals surface area contributed by atoms with Crippen molar-refractivity contribution in [2.45, 2.75) is 19.4 Å². The Morgan fingerprint density at radius 1 is 1.36 bits per heavy atom. The Morgan fingerprint density at radius 2 is 1.91 bits per heavy atom. The minimum absolute atomic E-state index is 0.320. The number of azo groups is 1. The van der Waals surface area contributed by atoms with Gasteiger partial charge in [-0.15, -0.1) is 5.11 Å². The minimum atomic E-state index is -0.320. The number of nitrogens with two attached hydrogens (primary N) is 1. The molecule has 0 aromatic carbocycles. The normalized spacial score (nSPS) is 21.1. The lowest BCUT2D eigenvalue weighted by atomic mass is 10.0. The maximum absolute atomic E-state index is 5.81. The SMILES string of the molecule is CN(C)C1=C(N)C(C)(C)N=N1. The number of hydrogen-bond donors (Lipinski definition) is 1. The second-order valence-electron chi connectivity index (χ2n) is 3.39. The Bertz CT molecular complexity index is 225. The zero-order valence-corrected chi connectivity index (χ0v) is 7.42. The Kier molecular flexibility index (Phi) is 1.62. The van der Waals surface area contributed by atoms with Crippen molar-refractivity contribution >= 4 is 0 Å². The predicted molar refractivity (Wildman–Crippen MR) is 43.8 cm³/mol. The molecule has 0 aliphatic carbocycles. The fourth-order valence-electron chi connectivity index (χ4n) is 0.884. The van der Waals surface area contributed by atoms with Crippen LogP contribution in [-0.4, -0.2) is 24.5 Å². The van der Waals surface area contributed by atoms with Crippen molar-refractivity contribution in [3.63, 3.8) is 0 Å². The minimum Gasteiger partial charge on any atom is -0.397 e. The maximum Gasteiger partial charge on any atom is 0.171 e. The van der Waals surface area contributed by atoms with Crippen LogP contribution in [0.3, 0.4) is 0 Å². The van der Waals surface area contributed by atoms with E-state index in [1.807, 2.05) is 32.8 Å². The molecule has 2 N–H and O–H groups in total. The summed E-state index contributed by atoms with van der Waals surface area (Å²) >= 11 is 0. The van der Waals surface area contributed by atoms with Crippen LogP contribution < -0.4 is 5.73 Å². The second kappa shape index (κ2) is 2.22. The van der Waals surface area contributed by atoms with E-state index in [2.05, 4.69) is 10.2 Å². The lowest BCUT2D eigenvalue weighted by molar-refractivity contribution is 0.498. The summed E-state index contributed by atoms with van der Waals surface area (Å²) in [7, 11) is 3.81. The molecule has 4 heteroatoms. The van der Waals surface area contributed by atoms with Crippen LogP contribution in [0, 0.1) is 0 Å². The summed E-state index contributed by atoms with van der Waals surface area (Å²) in [6.07, 6.45) is 0. The van der Waals surface area contributed by atoms with Gasteiger partial charge >= 0.3 is 0 Å². The quantitative estimate of drug-likeness (QED) is 0.610. The van der Waals surface area contributed by atoms with Gasteiger partial charge in [-0.1, -0.05) is 0 Å². The van der Waals surface area contributed by atoms with Crippen molar-refractivity contribution in [1.82, 2.24) is 4.90 Å². The van der Waals surface area contributed by atoms with E-state index in [4.69, 9.17) is 5.73 Å². The molecule has 0 unspecified atom stereocenters. The summed E-state index contributed by atoms with van der Waals surface area (Å²) in [5.41, 5.74) is 6.23. The molecule has 0 saturated carbocycles. The molecule has 1 aliphatic rings. The Morgan fingerprint density at radius 3 is 2.09 bits per heavy atom. The molecular weight excluding hydrogens is 140 g/mol. The van der Waals surface area contributed by atoms with E-state index < -0.39 is 0 Å². The van der Waals surface area contributed by atoms with Crippen molar-refractivity contribution in [2.24, 2.45) is 16.0 Å². The van der Waals surface area contributed by atoms with E-state index in [1.54, 1.807) is 0 Å². The summed E-state index contributed by atoms with van der Waals surface area (Å²) < 4.78 is 0. The first-order valence-corrected chi connectivity index (χ1v) is 3.55. The van der Waals surface area contributed by atoms with Crippen LogP contribution >= 0.6 is 0 Å². The topological polar surface area (TPSA) is 54.0 Å². The van der Waals surface area contributed by atoms with Gasteiger partial charge in [0.25, 0.3) is 0 Å². The smallest absolute Gasteiger partial charge is 0.171 e. The van der Waals surface area contributed by atoms with Gasteiger partial charge in [0.15, 0.2) is 5.82 Å². The highest BCUT2D eigenvalue weighted by Crippen LogP contribution is 2.28. The van der Waals surface area contributed by atoms with Gasteiger partial charge in [0, 0.05) is 14.1 Å². The second-order valence-corrected chi connectivity index (χ2v) is 3.39. The van der Waals surface area contributed by atoms with Crippen molar-refractivity contribution in [3.05, 3.63) is 11.5 Å². The number of rotatable bonds is 1. The van der Waals surface area contributed by atoms with Crippen molar-refractivity contribution in [2.75, 3.05) is 14.1 Å². The predicted octanol–water partition coefficient (Wildman–Crippen LogP) is 0.920. The molecule has 11 heavy (non-hydrogen) atoms. The molecule has 0 fully saturated rings. The maximum atomic E-state index is 5.81. The number of nitrogens with zero attached hydrogens (tertiary/aromatic N) is 3. The molecule has 0 atom stereocenters. The van der Waals surface area contributed by atoms with Gasteiger partial charge in [0.2, 0.25) is 0 Å². The highest BCUT2D eigenvalue weighted by atomic mass is 15.3. The third-order valence-electron chi connectivity index (χ3n) is 1.72. The summed E-state index contributed by atoms with van der Waals surface area (Å²) in [6, 6.07) is 0. The van der Waals surface area contributed by atoms with Crippen LogP contribution in [0.5, 0.6) is 0 Å². The summed E-state index contributed by atoms with van der Waals surface area (Å²) in [5.74, 6) is 0.773. The molecule has 4 nitrogen and oxygen atoms in total. The van der Waals surface area contributed by atoms with Crippen molar-refractivity contribution in [3.8, 4) is 0 Å². The van der Waals surface area contributed by atoms with Crippen molar-refractivity contribution in [1.29, 1.82) is 0 Å². The first-order valence-electron chi connectivity index (χ1n) is 3.55. The van der Waals surface area contributed by atoms with E-state index in [0.29, 0.717) is 0 Å². The van der Waals surface area contributed by atoms with Crippen LogP contribution in [0.2, 0.25) is 0 Å². The molecule has 1 heterocycles. The molecule has 0 saturated heterocycles. The van der Waals surface area contributed by atoms with Gasteiger partial charge in [-0.2, -0.15) is 5.11 Å². The molecule has 62 valence electrons. The number of hydrogen-bond acceptors (Lipinski definition) is 4. The van der Waals surface area contributed by atoms with E-state index in [0.717, 1.165) is 11.5 Å². The van der Waals surface area contributed by atoms with Gasteiger partial charge in [0.1, 0.15) is 5.54 Å². The van der Waals surface area contributed by atoms with Gasteiger partial charge in [-0.3, -0.25) is 0 Å². The van der Waals surface area contributed by atoms with Crippen LogP contribution in [-0.2, 0) is 0 Å². The molecule has 0 aromatic heterocycles. The summed E-state index contributed by atoms with van der Waals surface area (Å²) in [6.45, 7) is 3.89. The highest BCUT2D eigenvalue weighted by molar-refractivity contribution is 5.23. The van der Waals surface area contributed by atoms with E-state index >= 15 is 0 Å². The Balaban J connectivity index is 3.00. The summed E-state index contributed by atoms with van der Waals surface area (Å²) in [5, 5.41) is 8.01. The first-order chi connectivity index (χ1) is 4.95. The van der Waals surface area contributed by atoms with E-state index in [1.165, 1.54) is 0 Å². The van der Waals surface area contributed by atoms with Gasteiger partial charge in [-0.05, 0) is 13.8 Å². The van der Waals surface area contributed by atoms with Crippen LogP contribution in [0.15, 0.2) is 21.7 Å². The standard InChI is InChI=1S/C7H14N4/c1-7(2)5(8)6(9-10-7)11(3)4/h8H2,1-4H3. The fraction of sp³-hybridized carbons (Fsp3) is 0.714. The Hall–Kier alpha value is -1.06. The lowest BCUT2D eigenvalue weighted by Crippen LogP contribution is -2.26. The third-order valence-corrected chi connectivity index (χ3v) is 1.72. The van der Waals surface area contributed by atoms with E-state index in [9.17, 15) is 0 Å².